The lowest BCUT2D eigenvalue weighted by Crippen LogP contribution is -2.10. The number of hydrogen-bond donors (Lipinski definition) is 0. The summed E-state index contributed by atoms with van der Waals surface area (Å²) in [4.78, 5) is 16.2. The van der Waals surface area contributed by atoms with Crippen LogP contribution in [0.5, 0.6) is 0 Å². The molecule has 11 rings (SSSR count). The van der Waals surface area contributed by atoms with E-state index < -0.39 is 0 Å². The lowest BCUT2D eigenvalue weighted by atomic mass is 9.84. The highest BCUT2D eigenvalue weighted by Gasteiger charge is 2.30. The Morgan fingerprint density at radius 1 is 0.463 bits per heavy atom. The molecule has 3 heterocycles. The first-order valence-corrected chi connectivity index (χ1v) is 19.1. The van der Waals surface area contributed by atoms with Gasteiger partial charge in [0, 0.05) is 54.2 Å². The normalized spacial score (nSPS) is 13.0. The van der Waals surface area contributed by atoms with Gasteiger partial charge in [0.05, 0.1) is 0 Å². The second-order valence-electron chi connectivity index (χ2n) is 13.8. The highest BCUT2D eigenvalue weighted by atomic mass is 32.1. The summed E-state index contributed by atoms with van der Waals surface area (Å²) in [6.45, 7) is 0. The summed E-state index contributed by atoms with van der Waals surface area (Å²) in [5, 5.41) is 5.77. The third kappa shape index (κ3) is 5.08. The van der Waals surface area contributed by atoms with E-state index in [1.165, 1.54) is 42.3 Å². The molecule has 0 fully saturated rings. The van der Waals surface area contributed by atoms with Crippen LogP contribution in [0.2, 0.25) is 0 Å². The molecule has 0 bridgehead atoms. The quantitative estimate of drug-likeness (QED) is 0.178. The predicted octanol–water partition coefficient (Wildman–Crippen LogP) is 13.0. The summed E-state index contributed by atoms with van der Waals surface area (Å²) in [5.74, 6) is 2.91. The Morgan fingerprint density at radius 3 is 2.02 bits per heavy atom. The Labute approximate surface area is 315 Å². The van der Waals surface area contributed by atoms with Crippen molar-refractivity contribution in [3.63, 3.8) is 0 Å². The van der Waals surface area contributed by atoms with E-state index in [1.807, 2.05) is 6.07 Å². The van der Waals surface area contributed by atoms with Gasteiger partial charge in [-0.2, -0.15) is 0 Å². The minimum atomic E-state index is 0.642. The summed E-state index contributed by atoms with van der Waals surface area (Å²) in [7, 11) is 0. The Morgan fingerprint density at radius 2 is 1.13 bits per heavy atom. The van der Waals surface area contributed by atoms with Gasteiger partial charge in [-0.15, -0.1) is 11.3 Å². The number of allylic oxidation sites excluding steroid dienone is 1. The maximum absolute atomic E-state index is 6.57. The molecule has 10 aromatic rings. The third-order valence-corrected chi connectivity index (χ3v) is 11.8. The third-order valence-electron chi connectivity index (χ3n) is 10.7. The lowest BCUT2D eigenvalue weighted by molar-refractivity contribution is 0.547. The van der Waals surface area contributed by atoms with Crippen molar-refractivity contribution in [2.45, 2.75) is 12.8 Å². The van der Waals surface area contributed by atoms with Crippen molar-refractivity contribution in [3.05, 3.63) is 187 Å². The van der Waals surface area contributed by atoms with Crippen LogP contribution in [-0.2, 0) is 6.42 Å². The molecule has 0 saturated heterocycles. The van der Waals surface area contributed by atoms with Crippen LogP contribution in [0.4, 0.5) is 0 Å². The number of furan rings is 1. The van der Waals surface area contributed by atoms with Gasteiger partial charge in [0.15, 0.2) is 17.5 Å². The zero-order valence-electron chi connectivity index (χ0n) is 29.2. The predicted molar refractivity (Wildman–Crippen MR) is 223 cm³/mol. The van der Waals surface area contributed by atoms with Gasteiger partial charge in [0.2, 0.25) is 0 Å². The second kappa shape index (κ2) is 12.5. The van der Waals surface area contributed by atoms with Crippen molar-refractivity contribution in [1.82, 2.24) is 15.0 Å². The number of nitrogens with zero attached hydrogens (tertiary/aromatic N) is 3. The number of aryl methyl sites for hydroxylation is 1. The molecule has 7 aromatic carbocycles. The van der Waals surface area contributed by atoms with E-state index in [4.69, 9.17) is 19.4 Å². The lowest BCUT2D eigenvalue weighted by Gasteiger charge is -2.21. The molecule has 0 amide bonds. The summed E-state index contributed by atoms with van der Waals surface area (Å²) in [5.41, 5.74) is 9.63. The largest absolute Gasteiger partial charge is 0.460 e. The molecular weight excluding hydrogens is 679 g/mol. The van der Waals surface area contributed by atoms with Gasteiger partial charge >= 0.3 is 0 Å². The number of fused-ring (bicyclic) bond motifs is 7. The Balaban J connectivity index is 1.20. The number of benzene rings is 7. The number of aromatic nitrogens is 3. The maximum Gasteiger partial charge on any atom is 0.165 e. The van der Waals surface area contributed by atoms with Crippen LogP contribution >= 0.6 is 11.3 Å². The van der Waals surface area contributed by atoms with Crippen molar-refractivity contribution in [3.8, 4) is 33.9 Å². The first kappa shape index (κ1) is 30.9. The summed E-state index contributed by atoms with van der Waals surface area (Å²) in [6.07, 6.45) is 1.59. The molecule has 5 heteroatoms. The van der Waals surface area contributed by atoms with Crippen LogP contribution in [0.15, 0.2) is 168 Å². The number of hydrogen-bond acceptors (Lipinski definition) is 5. The van der Waals surface area contributed by atoms with Gasteiger partial charge in [-0.3, -0.25) is 0 Å². The zero-order chi connectivity index (χ0) is 35.6. The fourth-order valence-electron chi connectivity index (χ4n) is 8.12. The van der Waals surface area contributed by atoms with E-state index in [-0.39, 0.29) is 0 Å². The van der Waals surface area contributed by atoms with Gasteiger partial charge in [0.1, 0.15) is 11.3 Å². The maximum atomic E-state index is 6.57. The summed E-state index contributed by atoms with van der Waals surface area (Å²) in [6, 6.07) is 57.8. The molecule has 0 saturated carbocycles. The minimum Gasteiger partial charge on any atom is -0.460 e. The van der Waals surface area contributed by atoms with E-state index in [1.54, 1.807) is 11.3 Å². The fraction of sp³-hybridized carbons (Fsp3) is 0.0408. The molecule has 0 spiro atoms. The summed E-state index contributed by atoms with van der Waals surface area (Å²) < 4.78 is 9.03. The van der Waals surface area contributed by atoms with Crippen molar-refractivity contribution in [2.24, 2.45) is 0 Å². The molecule has 0 aliphatic heterocycles. The molecule has 3 aromatic heterocycles. The van der Waals surface area contributed by atoms with Crippen molar-refractivity contribution in [2.75, 3.05) is 0 Å². The highest BCUT2D eigenvalue weighted by Crippen LogP contribution is 2.46. The molecule has 4 nitrogen and oxygen atoms in total. The summed E-state index contributed by atoms with van der Waals surface area (Å²) >= 11 is 1.80. The SMILES string of the molecule is c1ccc(-c2ccc(C3=C(c4nc(-c5ccc6ccccc6c5)nc(-c5cccc6sc7ccccc7c56)n4)c4c(oc5ccccc45)CC3)cc2)cc1. The Kier molecular flexibility index (Phi) is 7.13. The molecular formula is C49H31N3OS. The van der Waals surface area contributed by atoms with Crippen molar-refractivity contribution < 1.29 is 4.42 Å². The van der Waals surface area contributed by atoms with Crippen LogP contribution in [0.3, 0.4) is 0 Å². The molecule has 0 N–H and O–H groups in total. The molecule has 1 aliphatic rings. The smallest absolute Gasteiger partial charge is 0.165 e. The van der Waals surface area contributed by atoms with Gasteiger partial charge in [-0.05, 0) is 63.7 Å². The molecule has 0 atom stereocenters. The topological polar surface area (TPSA) is 51.8 Å². The average molecular weight is 710 g/mol. The van der Waals surface area contributed by atoms with Gasteiger partial charge in [0.25, 0.3) is 0 Å². The monoisotopic (exact) mass is 709 g/mol. The zero-order valence-corrected chi connectivity index (χ0v) is 30.0. The number of thiophene rings is 1. The van der Waals surface area contributed by atoms with Gasteiger partial charge in [-0.1, -0.05) is 140 Å². The second-order valence-corrected chi connectivity index (χ2v) is 14.9. The molecule has 0 radical (unpaired) electrons. The number of para-hydroxylation sites is 1. The van der Waals surface area contributed by atoms with E-state index >= 15 is 0 Å². The van der Waals surface area contributed by atoms with Crippen LogP contribution in [0, 0.1) is 0 Å². The first-order chi connectivity index (χ1) is 26.7. The molecule has 254 valence electrons. The minimum absolute atomic E-state index is 0.642. The van der Waals surface area contributed by atoms with Crippen LogP contribution < -0.4 is 0 Å². The standard InChI is InChI=1S/C49H31N3OS/c1-2-11-30(12-3-1)32-21-24-33(25-22-32)36-27-28-41-45(37-15-6-8-18-40(37)53-41)46(36)49-51-47(35-26-23-31-13-4-5-14-34(31)29-35)50-48(52-49)39-17-10-20-43-44(39)38-16-7-9-19-42(38)54-43/h1-26,29H,27-28H2. The Bertz CT molecular complexity index is 3100. The average Bonchev–Trinajstić information content (AvgIpc) is 3.82. The first-order valence-electron chi connectivity index (χ1n) is 18.3. The van der Waals surface area contributed by atoms with Crippen LogP contribution in [-0.4, -0.2) is 15.0 Å². The van der Waals surface area contributed by atoms with Crippen LogP contribution in [0.1, 0.15) is 29.1 Å². The fourth-order valence-corrected chi connectivity index (χ4v) is 9.25. The van der Waals surface area contributed by atoms with Crippen molar-refractivity contribution in [1.29, 1.82) is 0 Å². The van der Waals surface area contributed by atoms with E-state index in [2.05, 4.69) is 158 Å². The van der Waals surface area contributed by atoms with E-state index in [0.717, 1.165) is 62.8 Å². The molecule has 0 unspecified atom stereocenters. The Hall–Kier alpha value is -6.69. The van der Waals surface area contributed by atoms with E-state index in [0.29, 0.717) is 17.5 Å². The van der Waals surface area contributed by atoms with Gasteiger partial charge < -0.3 is 4.42 Å². The molecule has 1 aliphatic carbocycles. The molecule has 54 heavy (non-hydrogen) atoms. The van der Waals surface area contributed by atoms with Gasteiger partial charge in [-0.25, -0.2) is 15.0 Å². The van der Waals surface area contributed by atoms with Crippen molar-refractivity contribution >= 4 is 64.4 Å². The van der Waals surface area contributed by atoms with Crippen LogP contribution in [0.25, 0.3) is 87.0 Å². The van der Waals surface area contributed by atoms with E-state index in [9.17, 15) is 0 Å². The number of rotatable bonds is 5. The highest BCUT2D eigenvalue weighted by molar-refractivity contribution is 7.25.